The molecular formula is C18H16F3N3O2. The quantitative estimate of drug-likeness (QED) is 0.769. The maximum Gasteiger partial charge on any atom is 0.573 e. The predicted octanol–water partition coefficient (Wildman–Crippen LogP) is 3.71. The molecule has 0 unspecified atom stereocenters. The summed E-state index contributed by atoms with van der Waals surface area (Å²) in [5, 5.41) is 8.07. The second-order valence-electron chi connectivity index (χ2n) is 5.85. The summed E-state index contributed by atoms with van der Waals surface area (Å²) in [4.78, 5) is 12.3. The minimum Gasteiger partial charge on any atom is -0.406 e. The number of nitrogens with one attached hydrogen (secondary N) is 1. The summed E-state index contributed by atoms with van der Waals surface area (Å²) in [7, 11) is 1.82. The molecule has 1 N–H and O–H groups in total. The highest BCUT2D eigenvalue weighted by Crippen LogP contribution is 2.23. The number of hydrogen-bond acceptors (Lipinski definition) is 3. The van der Waals surface area contributed by atoms with Gasteiger partial charge in [0.1, 0.15) is 5.75 Å². The molecule has 0 fully saturated rings. The fourth-order valence-electron chi connectivity index (χ4n) is 2.69. The molecule has 0 saturated carbocycles. The van der Waals surface area contributed by atoms with Gasteiger partial charge in [0.05, 0.1) is 5.52 Å². The van der Waals surface area contributed by atoms with Crippen LogP contribution in [-0.2, 0) is 13.6 Å². The molecule has 136 valence electrons. The molecule has 3 aromatic rings. The molecule has 0 aliphatic rings. The predicted molar refractivity (Wildman–Crippen MR) is 89.7 cm³/mol. The van der Waals surface area contributed by atoms with Gasteiger partial charge in [0, 0.05) is 30.7 Å². The van der Waals surface area contributed by atoms with Crippen molar-refractivity contribution in [3.8, 4) is 5.75 Å². The van der Waals surface area contributed by atoms with Crippen LogP contribution < -0.4 is 10.1 Å². The Kier molecular flexibility index (Phi) is 4.58. The maximum atomic E-state index is 12.3. The number of aromatic nitrogens is 2. The number of rotatable bonds is 4. The third kappa shape index (κ3) is 3.96. The summed E-state index contributed by atoms with van der Waals surface area (Å²) >= 11 is 0. The third-order valence-corrected chi connectivity index (χ3v) is 3.93. The standard InChI is InChI=1S/C18H16F3N3O2/c1-11-3-8-16-15(10-24(2)23-16)14(11)9-22-17(25)12-4-6-13(7-5-12)26-18(19,20)21/h3-8,10H,9H2,1-2H3,(H,22,25). The van der Waals surface area contributed by atoms with Gasteiger partial charge in [-0.2, -0.15) is 5.10 Å². The molecule has 0 saturated heterocycles. The van der Waals surface area contributed by atoms with Gasteiger partial charge in [0.25, 0.3) is 5.91 Å². The summed E-state index contributed by atoms with van der Waals surface area (Å²) in [5.74, 6) is -0.756. The lowest BCUT2D eigenvalue weighted by Crippen LogP contribution is -2.23. The summed E-state index contributed by atoms with van der Waals surface area (Å²) in [5.41, 5.74) is 3.03. The van der Waals surface area contributed by atoms with E-state index in [1.54, 1.807) is 4.68 Å². The van der Waals surface area contributed by atoms with Gasteiger partial charge in [-0.05, 0) is 48.4 Å². The van der Waals surface area contributed by atoms with Crippen molar-refractivity contribution in [3.05, 3.63) is 59.3 Å². The SMILES string of the molecule is Cc1ccc2nn(C)cc2c1CNC(=O)c1ccc(OC(F)(F)F)cc1. The van der Waals surface area contributed by atoms with Crippen molar-refractivity contribution in [3.63, 3.8) is 0 Å². The van der Waals surface area contributed by atoms with Gasteiger partial charge in [-0.3, -0.25) is 9.48 Å². The van der Waals surface area contributed by atoms with Crippen LogP contribution in [0.25, 0.3) is 10.9 Å². The fourth-order valence-corrected chi connectivity index (χ4v) is 2.69. The normalized spacial score (nSPS) is 11.6. The largest absolute Gasteiger partial charge is 0.573 e. The lowest BCUT2D eigenvalue weighted by Gasteiger charge is -2.11. The zero-order valence-corrected chi connectivity index (χ0v) is 14.1. The smallest absolute Gasteiger partial charge is 0.406 e. The van der Waals surface area contributed by atoms with E-state index in [2.05, 4.69) is 15.2 Å². The second kappa shape index (κ2) is 6.70. The van der Waals surface area contributed by atoms with Crippen LogP contribution in [0.2, 0.25) is 0 Å². The van der Waals surface area contributed by atoms with E-state index < -0.39 is 6.36 Å². The Morgan fingerprint density at radius 2 is 1.88 bits per heavy atom. The van der Waals surface area contributed by atoms with Gasteiger partial charge in [0.2, 0.25) is 0 Å². The van der Waals surface area contributed by atoms with Gasteiger partial charge in [-0.15, -0.1) is 13.2 Å². The number of fused-ring (bicyclic) bond motifs is 1. The number of nitrogens with zero attached hydrogens (tertiary/aromatic N) is 2. The highest BCUT2D eigenvalue weighted by molar-refractivity contribution is 5.94. The molecule has 5 nitrogen and oxygen atoms in total. The molecule has 26 heavy (non-hydrogen) atoms. The van der Waals surface area contributed by atoms with Gasteiger partial charge in [-0.1, -0.05) is 6.07 Å². The van der Waals surface area contributed by atoms with Crippen molar-refractivity contribution in [2.75, 3.05) is 0 Å². The Labute approximate surface area is 147 Å². The molecule has 1 amide bonds. The Morgan fingerprint density at radius 3 is 2.54 bits per heavy atom. The molecule has 0 aliphatic heterocycles. The first-order valence-corrected chi connectivity index (χ1v) is 7.79. The minimum atomic E-state index is -4.76. The van der Waals surface area contributed by atoms with Gasteiger partial charge in [-0.25, -0.2) is 0 Å². The summed E-state index contributed by atoms with van der Waals surface area (Å²) in [6.45, 7) is 2.23. The molecule has 1 aromatic heterocycles. The van der Waals surface area contributed by atoms with Crippen LogP contribution >= 0.6 is 0 Å². The molecule has 0 spiro atoms. The van der Waals surface area contributed by atoms with E-state index in [1.165, 1.54) is 12.1 Å². The van der Waals surface area contributed by atoms with Crippen molar-refractivity contribution in [1.29, 1.82) is 0 Å². The lowest BCUT2D eigenvalue weighted by molar-refractivity contribution is -0.274. The summed E-state index contributed by atoms with van der Waals surface area (Å²) in [6, 6.07) is 8.63. The van der Waals surface area contributed by atoms with E-state index in [0.29, 0.717) is 0 Å². The van der Waals surface area contributed by atoms with Crippen LogP contribution in [0.1, 0.15) is 21.5 Å². The average Bonchev–Trinajstić information content (AvgIpc) is 2.93. The van der Waals surface area contributed by atoms with Crippen LogP contribution in [-0.4, -0.2) is 22.1 Å². The maximum absolute atomic E-state index is 12.3. The molecular weight excluding hydrogens is 347 g/mol. The Hall–Kier alpha value is -3.03. The molecule has 3 rings (SSSR count). The Bertz CT molecular complexity index is 947. The first kappa shape index (κ1) is 17.8. The van der Waals surface area contributed by atoms with Crippen molar-refractivity contribution in [2.24, 2.45) is 7.05 Å². The topological polar surface area (TPSA) is 56.2 Å². The average molecular weight is 363 g/mol. The Balaban J connectivity index is 1.72. The number of amides is 1. The van der Waals surface area contributed by atoms with Crippen LogP contribution in [0.3, 0.4) is 0 Å². The third-order valence-electron chi connectivity index (χ3n) is 3.93. The zero-order valence-electron chi connectivity index (χ0n) is 14.1. The molecule has 0 radical (unpaired) electrons. The number of benzene rings is 2. The molecule has 0 atom stereocenters. The van der Waals surface area contributed by atoms with Crippen molar-refractivity contribution in [2.45, 2.75) is 19.8 Å². The van der Waals surface area contributed by atoms with Crippen molar-refractivity contribution >= 4 is 16.8 Å². The zero-order chi connectivity index (χ0) is 18.9. The summed E-state index contributed by atoms with van der Waals surface area (Å²) < 4.78 is 42.0. The van der Waals surface area contributed by atoms with E-state index in [9.17, 15) is 18.0 Å². The number of carbonyl (C=O) groups is 1. The van der Waals surface area contributed by atoms with Crippen LogP contribution in [0.5, 0.6) is 5.75 Å². The van der Waals surface area contributed by atoms with Crippen LogP contribution in [0.4, 0.5) is 13.2 Å². The van der Waals surface area contributed by atoms with Gasteiger partial charge >= 0.3 is 6.36 Å². The number of ether oxygens (including phenoxy) is 1. The Morgan fingerprint density at radius 1 is 1.19 bits per heavy atom. The van der Waals surface area contributed by atoms with Crippen LogP contribution in [0, 0.1) is 6.92 Å². The molecule has 1 heterocycles. The number of hydrogen-bond donors (Lipinski definition) is 1. The number of carbonyl (C=O) groups excluding carboxylic acids is 1. The first-order valence-electron chi connectivity index (χ1n) is 7.79. The molecule has 8 heteroatoms. The van der Waals surface area contributed by atoms with Crippen molar-refractivity contribution < 1.29 is 22.7 Å². The lowest BCUT2D eigenvalue weighted by atomic mass is 10.0. The number of halogens is 3. The first-order chi connectivity index (χ1) is 12.2. The minimum absolute atomic E-state index is 0.246. The van der Waals surface area contributed by atoms with Crippen molar-refractivity contribution in [1.82, 2.24) is 15.1 Å². The van der Waals surface area contributed by atoms with Gasteiger partial charge in [0.15, 0.2) is 0 Å². The second-order valence-corrected chi connectivity index (χ2v) is 5.85. The number of aryl methyl sites for hydroxylation is 2. The molecule has 0 aliphatic carbocycles. The van der Waals surface area contributed by atoms with Gasteiger partial charge < -0.3 is 10.1 Å². The van der Waals surface area contributed by atoms with E-state index in [4.69, 9.17) is 0 Å². The number of alkyl halides is 3. The fraction of sp³-hybridized carbons (Fsp3) is 0.222. The highest BCUT2D eigenvalue weighted by atomic mass is 19.4. The highest BCUT2D eigenvalue weighted by Gasteiger charge is 2.31. The molecule has 2 aromatic carbocycles. The van der Waals surface area contributed by atoms with Crippen LogP contribution in [0.15, 0.2) is 42.6 Å². The molecule has 0 bridgehead atoms. The van der Waals surface area contributed by atoms with E-state index >= 15 is 0 Å². The van der Waals surface area contributed by atoms with E-state index in [0.717, 1.165) is 34.2 Å². The van der Waals surface area contributed by atoms with E-state index in [-0.39, 0.29) is 23.8 Å². The van der Waals surface area contributed by atoms with E-state index in [1.807, 2.05) is 32.3 Å². The monoisotopic (exact) mass is 363 g/mol. The summed E-state index contributed by atoms with van der Waals surface area (Å²) in [6.07, 6.45) is -2.88.